The number of nitrogens with zero attached hydrogens (tertiary/aromatic N) is 2. The van der Waals surface area contributed by atoms with Crippen LogP contribution in [0.25, 0.3) is 0 Å². The van der Waals surface area contributed by atoms with E-state index in [1.165, 1.54) is 14.2 Å². The number of ether oxygens (including phenoxy) is 3. The summed E-state index contributed by atoms with van der Waals surface area (Å²) in [5, 5.41) is 10.4. The zero-order valence-corrected chi connectivity index (χ0v) is 18.4. The van der Waals surface area contributed by atoms with Crippen LogP contribution in [0.4, 0.5) is 5.82 Å². The molecule has 31 heavy (non-hydrogen) atoms. The van der Waals surface area contributed by atoms with E-state index in [1.807, 2.05) is 0 Å². The van der Waals surface area contributed by atoms with Gasteiger partial charge in [-0.1, -0.05) is 6.07 Å². The second-order valence-electron chi connectivity index (χ2n) is 7.36. The average molecular weight is 447 g/mol. The fraction of sp³-hybridized carbons (Fsp3) is 0.476. The number of hydrogen-bond acceptors (Lipinski definition) is 7. The molecule has 4 rings (SSSR count). The first-order valence-corrected chi connectivity index (χ1v) is 11.3. The number of hydrogen-bond donors (Lipinski definition) is 2. The standard InChI is InChI=1S/C21H26N4O5S/c1-28-17-7-3-6-14(19(17)29-2)21(27)23-20-15-11-31-12-16(15)24-25(20)10-18(26)22-9-13-5-4-8-30-13/h3,6-7,13H,4-5,8-12H2,1-2H3,(H,22,26)(H,23,27)/t13-/m0/s1. The van der Waals surface area contributed by atoms with Crippen LogP contribution in [0.2, 0.25) is 0 Å². The molecule has 2 amide bonds. The van der Waals surface area contributed by atoms with Crippen molar-refractivity contribution in [1.29, 1.82) is 0 Å². The molecule has 0 aliphatic carbocycles. The van der Waals surface area contributed by atoms with Crippen molar-refractivity contribution >= 4 is 29.4 Å². The van der Waals surface area contributed by atoms with Crippen LogP contribution < -0.4 is 20.1 Å². The minimum atomic E-state index is -0.351. The number of fused-ring (bicyclic) bond motifs is 1. The van der Waals surface area contributed by atoms with E-state index in [-0.39, 0.29) is 24.5 Å². The minimum Gasteiger partial charge on any atom is -0.493 e. The molecular weight excluding hydrogens is 420 g/mol. The van der Waals surface area contributed by atoms with Crippen LogP contribution in [0.5, 0.6) is 11.5 Å². The Labute approximate surface area is 184 Å². The first-order chi connectivity index (χ1) is 15.1. The van der Waals surface area contributed by atoms with Gasteiger partial charge in [0.2, 0.25) is 5.91 Å². The van der Waals surface area contributed by atoms with E-state index in [0.29, 0.717) is 29.4 Å². The summed E-state index contributed by atoms with van der Waals surface area (Å²) in [6.45, 7) is 1.25. The molecule has 1 saturated heterocycles. The number of carbonyl (C=O) groups is 2. The Morgan fingerprint density at radius 1 is 1.29 bits per heavy atom. The number of amides is 2. The minimum absolute atomic E-state index is 0.0231. The maximum absolute atomic E-state index is 13.1. The van der Waals surface area contributed by atoms with Gasteiger partial charge in [-0.2, -0.15) is 16.9 Å². The third-order valence-corrected chi connectivity index (χ3v) is 6.31. The summed E-state index contributed by atoms with van der Waals surface area (Å²) in [5.74, 6) is 2.34. The molecule has 2 aromatic rings. The van der Waals surface area contributed by atoms with Gasteiger partial charge < -0.3 is 24.8 Å². The summed E-state index contributed by atoms with van der Waals surface area (Å²) in [4.78, 5) is 25.6. The summed E-state index contributed by atoms with van der Waals surface area (Å²) in [6, 6.07) is 5.12. The van der Waals surface area contributed by atoms with Crippen molar-refractivity contribution in [1.82, 2.24) is 15.1 Å². The van der Waals surface area contributed by atoms with Crippen LogP contribution in [-0.2, 0) is 27.6 Å². The molecule has 1 aromatic carbocycles. The van der Waals surface area contributed by atoms with Crippen molar-refractivity contribution in [2.75, 3.05) is 32.7 Å². The molecular formula is C21H26N4O5S. The van der Waals surface area contributed by atoms with Gasteiger partial charge >= 0.3 is 0 Å². The number of benzene rings is 1. The quantitative estimate of drug-likeness (QED) is 0.641. The van der Waals surface area contributed by atoms with Crippen molar-refractivity contribution in [2.45, 2.75) is 37.0 Å². The van der Waals surface area contributed by atoms with E-state index in [2.05, 4.69) is 15.7 Å². The van der Waals surface area contributed by atoms with Gasteiger partial charge in [-0.15, -0.1) is 0 Å². The van der Waals surface area contributed by atoms with E-state index >= 15 is 0 Å². The van der Waals surface area contributed by atoms with Gasteiger partial charge in [0.1, 0.15) is 12.4 Å². The lowest BCUT2D eigenvalue weighted by atomic mass is 10.1. The Morgan fingerprint density at radius 3 is 2.90 bits per heavy atom. The molecule has 10 heteroatoms. The first-order valence-electron chi connectivity index (χ1n) is 10.2. The molecule has 0 bridgehead atoms. The number of nitrogens with one attached hydrogen (secondary N) is 2. The summed E-state index contributed by atoms with van der Waals surface area (Å²) < 4.78 is 17.8. The van der Waals surface area contributed by atoms with Gasteiger partial charge in [0.05, 0.1) is 31.6 Å². The van der Waals surface area contributed by atoms with Gasteiger partial charge in [-0.25, -0.2) is 4.68 Å². The van der Waals surface area contributed by atoms with E-state index in [0.717, 1.165) is 42.2 Å². The van der Waals surface area contributed by atoms with Crippen LogP contribution in [0, 0.1) is 0 Å². The Morgan fingerprint density at radius 2 is 2.16 bits per heavy atom. The van der Waals surface area contributed by atoms with Crippen molar-refractivity contribution in [3.8, 4) is 11.5 Å². The van der Waals surface area contributed by atoms with Crippen LogP contribution in [0.1, 0.15) is 34.5 Å². The monoisotopic (exact) mass is 446 g/mol. The largest absolute Gasteiger partial charge is 0.493 e. The average Bonchev–Trinajstić information content (AvgIpc) is 3.51. The molecule has 166 valence electrons. The van der Waals surface area contributed by atoms with E-state index in [9.17, 15) is 9.59 Å². The molecule has 3 heterocycles. The van der Waals surface area contributed by atoms with Crippen LogP contribution in [0.15, 0.2) is 18.2 Å². The van der Waals surface area contributed by atoms with Crippen molar-refractivity contribution in [2.24, 2.45) is 0 Å². The molecule has 1 aromatic heterocycles. The van der Waals surface area contributed by atoms with Gasteiger partial charge in [-0.05, 0) is 25.0 Å². The summed E-state index contributed by atoms with van der Waals surface area (Å²) in [7, 11) is 3.01. The molecule has 0 unspecified atom stereocenters. The van der Waals surface area contributed by atoms with Gasteiger partial charge in [0.15, 0.2) is 11.5 Å². The smallest absolute Gasteiger partial charge is 0.260 e. The van der Waals surface area contributed by atoms with Gasteiger partial charge in [-0.3, -0.25) is 9.59 Å². The zero-order valence-electron chi connectivity index (χ0n) is 17.6. The highest BCUT2D eigenvalue weighted by molar-refractivity contribution is 7.98. The Hall–Kier alpha value is -2.72. The van der Waals surface area contributed by atoms with Crippen LogP contribution in [0.3, 0.4) is 0 Å². The predicted octanol–water partition coefficient (Wildman–Crippen LogP) is 2.19. The van der Waals surface area contributed by atoms with Gasteiger partial charge in [0.25, 0.3) is 5.91 Å². The first kappa shape index (κ1) is 21.5. The lowest BCUT2D eigenvalue weighted by molar-refractivity contribution is -0.122. The summed E-state index contributed by atoms with van der Waals surface area (Å²) in [6.07, 6.45) is 2.05. The second kappa shape index (κ2) is 9.61. The van der Waals surface area contributed by atoms with E-state index < -0.39 is 0 Å². The number of anilines is 1. The van der Waals surface area contributed by atoms with E-state index in [1.54, 1.807) is 34.6 Å². The Balaban J connectivity index is 1.51. The third kappa shape index (κ3) is 4.64. The molecule has 2 aliphatic rings. The fourth-order valence-corrected chi connectivity index (χ4v) is 4.82. The molecule has 2 aliphatic heterocycles. The lowest BCUT2D eigenvalue weighted by Crippen LogP contribution is -2.34. The van der Waals surface area contributed by atoms with Crippen molar-refractivity contribution < 1.29 is 23.8 Å². The van der Waals surface area contributed by atoms with E-state index in [4.69, 9.17) is 14.2 Å². The second-order valence-corrected chi connectivity index (χ2v) is 8.34. The predicted molar refractivity (Wildman–Crippen MR) is 117 cm³/mol. The molecule has 1 fully saturated rings. The highest BCUT2D eigenvalue weighted by atomic mass is 32.2. The highest BCUT2D eigenvalue weighted by Crippen LogP contribution is 2.36. The number of rotatable bonds is 8. The number of aromatic nitrogens is 2. The topological polar surface area (TPSA) is 104 Å². The van der Waals surface area contributed by atoms with Crippen molar-refractivity contribution in [3.63, 3.8) is 0 Å². The molecule has 0 saturated carbocycles. The zero-order chi connectivity index (χ0) is 21.8. The Kier molecular flexibility index (Phi) is 6.67. The molecule has 0 radical (unpaired) electrons. The van der Waals surface area contributed by atoms with Gasteiger partial charge in [0, 0.05) is 30.2 Å². The van der Waals surface area contributed by atoms with Crippen LogP contribution in [-0.4, -0.2) is 55.1 Å². The summed E-state index contributed by atoms with van der Waals surface area (Å²) >= 11 is 1.73. The van der Waals surface area contributed by atoms with Crippen LogP contribution >= 0.6 is 11.8 Å². The highest BCUT2D eigenvalue weighted by Gasteiger charge is 2.27. The third-order valence-electron chi connectivity index (χ3n) is 5.34. The molecule has 2 N–H and O–H groups in total. The number of para-hydroxylation sites is 1. The van der Waals surface area contributed by atoms with Crippen molar-refractivity contribution in [3.05, 3.63) is 35.0 Å². The number of methoxy groups -OCH3 is 2. The molecule has 0 spiro atoms. The number of thioether (sulfide) groups is 1. The number of carbonyl (C=O) groups excluding carboxylic acids is 2. The lowest BCUT2D eigenvalue weighted by Gasteiger charge is -2.15. The molecule has 9 nitrogen and oxygen atoms in total. The maximum atomic E-state index is 13.1. The fourth-order valence-electron chi connectivity index (χ4n) is 3.79. The molecule has 1 atom stereocenters. The summed E-state index contributed by atoms with van der Waals surface area (Å²) in [5.41, 5.74) is 2.19. The maximum Gasteiger partial charge on any atom is 0.260 e. The SMILES string of the molecule is COc1cccc(C(=O)Nc2c3c(nn2CC(=O)NC[C@@H]2CCCO2)CSC3)c1OC. The normalized spacial score (nSPS) is 17.3. The Bertz CT molecular complexity index is 971.